The van der Waals surface area contributed by atoms with Crippen LogP contribution in [0.4, 0.5) is 10.1 Å². The molecule has 0 aliphatic heterocycles. The van der Waals surface area contributed by atoms with E-state index in [9.17, 15) is 4.39 Å². The van der Waals surface area contributed by atoms with Crippen molar-refractivity contribution in [2.24, 2.45) is 10.9 Å². The maximum Gasteiger partial charge on any atom is 0.170 e. The molecule has 2 aromatic carbocycles. The Morgan fingerprint density at radius 3 is 2.55 bits per heavy atom. The molecule has 0 bridgehead atoms. The number of anilines is 1. The van der Waals surface area contributed by atoms with Crippen LogP contribution in [0.2, 0.25) is 5.02 Å². The molecule has 4 N–H and O–H groups in total. The molecule has 104 valence electrons. The minimum atomic E-state index is -0.372. The summed E-state index contributed by atoms with van der Waals surface area (Å²) in [5.74, 6) is -0.310. The van der Waals surface area contributed by atoms with Crippen molar-refractivity contribution < 1.29 is 9.60 Å². The van der Waals surface area contributed by atoms with Crippen molar-refractivity contribution in [3.63, 3.8) is 0 Å². The maximum atomic E-state index is 12.9. The number of hydrogen-bond donors (Lipinski definition) is 3. The molecule has 0 radical (unpaired) electrons. The van der Waals surface area contributed by atoms with Crippen molar-refractivity contribution in [2.75, 3.05) is 5.32 Å². The second-order valence-corrected chi connectivity index (χ2v) is 4.57. The van der Waals surface area contributed by atoms with Gasteiger partial charge < -0.3 is 16.3 Å². The average molecular weight is 294 g/mol. The lowest BCUT2D eigenvalue weighted by Crippen LogP contribution is -2.13. The van der Waals surface area contributed by atoms with Crippen LogP contribution in [0, 0.1) is 5.82 Å². The van der Waals surface area contributed by atoms with E-state index in [1.165, 1.54) is 12.1 Å². The molecule has 0 aromatic heterocycles. The van der Waals surface area contributed by atoms with E-state index >= 15 is 0 Å². The van der Waals surface area contributed by atoms with Crippen molar-refractivity contribution in [2.45, 2.75) is 6.54 Å². The lowest BCUT2D eigenvalue weighted by Gasteiger charge is -2.09. The molecule has 4 nitrogen and oxygen atoms in total. The monoisotopic (exact) mass is 293 g/mol. The van der Waals surface area contributed by atoms with E-state index in [2.05, 4.69) is 10.5 Å². The SMILES string of the molecule is NC(=NO)c1ccc(CNc2ccc(F)cc2Cl)cc1. The highest BCUT2D eigenvalue weighted by molar-refractivity contribution is 6.33. The third kappa shape index (κ3) is 3.39. The molecular weight excluding hydrogens is 281 g/mol. The van der Waals surface area contributed by atoms with Crippen molar-refractivity contribution in [1.82, 2.24) is 0 Å². The third-order valence-corrected chi connectivity index (χ3v) is 3.08. The van der Waals surface area contributed by atoms with Gasteiger partial charge in [0.25, 0.3) is 0 Å². The fourth-order valence-electron chi connectivity index (χ4n) is 1.68. The minimum absolute atomic E-state index is 0.0612. The van der Waals surface area contributed by atoms with Gasteiger partial charge in [0, 0.05) is 12.1 Å². The third-order valence-electron chi connectivity index (χ3n) is 2.77. The molecule has 0 unspecified atom stereocenters. The molecule has 0 spiro atoms. The summed E-state index contributed by atoms with van der Waals surface area (Å²) >= 11 is 5.92. The van der Waals surface area contributed by atoms with E-state index in [4.69, 9.17) is 22.5 Å². The topological polar surface area (TPSA) is 70.6 Å². The first-order chi connectivity index (χ1) is 9.60. The number of amidine groups is 1. The summed E-state index contributed by atoms with van der Waals surface area (Å²) in [5.41, 5.74) is 7.76. The molecule has 0 atom stereocenters. The van der Waals surface area contributed by atoms with Gasteiger partial charge in [0.2, 0.25) is 0 Å². The number of benzene rings is 2. The van der Waals surface area contributed by atoms with E-state index in [0.717, 1.165) is 5.56 Å². The Balaban J connectivity index is 2.04. The zero-order valence-electron chi connectivity index (χ0n) is 10.5. The predicted octanol–water partition coefficient (Wildman–Crippen LogP) is 3.19. The summed E-state index contributed by atoms with van der Waals surface area (Å²) in [6.45, 7) is 0.530. The molecule has 0 aliphatic rings. The molecule has 2 aromatic rings. The second kappa shape index (κ2) is 6.25. The highest BCUT2D eigenvalue weighted by Gasteiger charge is 2.03. The zero-order valence-corrected chi connectivity index (χ0v) is 11.2. The first-order valence-electron chi connectivity index (χ1n) is 5.86. The minimum Gasteiger partial charge on any atom is -0.409 e. The van der Waals surface area contributed by atoms with Crippen molar-refractivity contribution in [3.05, 3.63) is 64.4 Å². The first-order valence-corrected chi connectivity index (χ1v) is 6.23. The Bertz CT molecular complexity index is 629. The molecule has 6 heteroatoms. The van der Waals surface area contributed by atoms with E-state index < -0.39 is 0 Å². The number of oxime groups is 1. The quantitative estimate of drug-likeness (QED) is 0.351. The van der Waals surface area contributed by atoms with Gasteiger partial charge in [-0.1, -0.05) is 41.0 Å². The molecule has 0 fully saturated rings. The fraction of sp³-hybridized carbons (Fsp3) is 0.0714. The number of nitrogens with two attached hydrogens (primary N) is 1. The summed E-state index contributed by atoms with van der Waals surface area (Å²) in [7, 11) is 0. The summed E-state index contributed by atoms with van der Waals surface area (Å²) < 4.78 is 12.9. The van der Waals surface area contributed by atoms with Gasteiger partial charge in [0.05, 0.1) is 10.7 Å². The van der Waals surface area contributed by atoms with Gasteiger partial charge in [-0.2, -0.15) is 0 Å². The van der Waals surface area contributed by atoms with Crippen molar-refractivity contribution >= 4 is 23.1 Å². The lowest BCUT2D eigenvalue weighted by molar-refractivity contribution is 0.318. The van der Waals surface area contributed by atoms with Gasteiger partial charge in [0.15, 0.2) is 5.84 Å². The molecule has 0 aliphatic carbocycles. The van der Waals surface area contributed by atoms with Crippen LogP contribution >= 0.6 is 11.6 Å². The fourth-order valence-corrected chi connectivity index (χ4v) is 1.92. The number of hydrogen-bond acceptors (Lipinski definition) is 3. The predicted molar refractivity (Wildman–Crippen MR) is 77.7 cm³/mol. The molecule has 0 heterocycles. The Morgan fingerprint density at radius 2 is 1.95 bits per heavy atom. The molecule has 0 saturated heterocycles. The van der Waals surface area contributed by atoms with Gasteiger partial charge in [-0.3, -0.25) is 0 Å². The highest BCUT2D eigenvalue weighted by Crippen LogP contribution is 2.23. The Hall–Kier alpha value is -2.27. The Kier molecular flexibility index (Phi) is 4.42. The number of rotatable bonds is 4. The van der Waals surface area contributed by atoms with Crippen molar-refractivity contribution in [3.8, 4) is 0 Å². The van der Waals surface area contributed by atoms with Gasteiger partial charge in [-0.25, -0.2) is 4.39 Å². The van der Waals surface area contributed by atoms with Gasteiger partial charge in [0.1, 0.15) is 5.82 Å². The average Bonchev–Trinajstić information content (AvgIpc) is 2.46. The normalized spacial score (nSPS) is 11.4. The highest BCUT2D eigenvalue weighted by atomic mass is 35.5. The summed E-state index contributed by atoms with van der Waals surface area (Å²) in [5, 5.41) is 14.9. The van der Waals surface area contributed by atoms with Gasteiger partial charge in [-0.15, -0.1) is 0 Å². The van der Waals surface area contributed by atoms with Crippen LogP contribution in [-0.4, -0.2) is 11.0 Å². The van der Waals surface area contributed by atoms with Crippen molar-refractivity contribution in [1.29, 1.82) is 0 Å². The van der Waals surface area contributed by atoms with Crippen LogP contribution < -0.4 is 11.1 Å². The maximum absolute atomic E-state index is 12.9. The number of nitrogens with zero attached hydrogens (tertiary/aromatic N) is 1. The summed E-state index contributed by atoms with van der Waals surface area (Å²) in [6, 6.07) is 11.4. The second-order valence-electron chi connectivity index (χ2n) is 4.16. The molecule has 2 rings (SSSR count). The zero-order chi connectivity index (χ0) is 14.5. The first kappa shape index (κ1) is 14.1. The Labute approximate surface area is 120 Å². The standard InChI is InChI=1S/C14H13ClFN3O/c15-12-7-11(16)5-6-13(12)18-8-9-1-3-10(4-2-9)14(17)19-20/h1-7,18,20H,8H2,(H2,17,19). The number of halogens is 2. The van der Waals surface area contributed by atoms with E-state index in [1.807, 2.05) is 12.1 Å². The number of nitrogens with one attached hydrogen (secondary N) is 1. The molecular formula is C14H13ClFN3O. The van der Waals surface area contributed by atoms with Gasteiger partial charge in [-0.05, 0) is 23.8 Å². The molecule has 0 saturated carbocycles. The van der Waals surface area contributed by atoms with E-state index in [0.29, 0.717) is 22.8 Å². The van der Waals surface area contributed by atoms with Crippen LogP contribution in [-0.2, 0) is 6.54 Å². The van der Waals surface area contributed by atoms with Crippen LogP contribution in [0.1, 0.15) is 11.1 Å². The molecule has 20 heavy (non-hydrogen) atoms. The van der Waals surface area contributed by atoms with Crippen LogP contribution in [0.15, 0.2) is 47.6 Å². The summed E-state index contributed by atoms with van der Waals surface area (Å²) in [6.07, 6.45) is 0. The van der Waals surface area contributed by atoms with Crippen LogP contribution in [0.3, 0.4) is 0 Å². The Morgan fingerprint density at radius 1 is 1.25 bits per heavy atom. The lowest BCUT2D eigenvalue weighted by atomic mass is 10.1. The molecule has 0 amide bonds. The van der Waals surface area contributed by atoms with Crippen LogP contribution in [0.5, 0.6) is 0 Å². The van der Waals surface area contributed by atoms with Gasteiger partial charge >= 0.3 is 0 Å². The largest absolute Gasteiger partial charge is 0.409 e. The summed E-state index contributed by atoms with van der Waals surface area (Å²) in [4.78, 5) is 0. The smallest absolute Gasteiger partial charge is 0.170 e. The van der Waals surface area contributed by atoms with E-state index in [1.54, 1.807) is 18.2 Å². The van der Waals surface area contributed by atoms with E-state index in [-0.39, 0.29) is 11.7 Å². The van der Waals surface area contributed by atoms with Crippen LogP contribution in [0.25, 0.3) is 0 Å².